The van der Waals surface area contributed by atoms with Gasteiger partial charge in [0, 0.05) is 23.1 Å². The minimum Gasteiger partial charge on any atom is -0.481 e. The third-order valence-corrected chi connectivity index (χ3v) is 4.92. The summed E-state index contributed by atoms with van der Waals surface area (Å²) in [5, 5.41) is 10.9. The quantitative estimate of drug-likeness (QED) is 0.915. The summed E-state index contributed by atoms with van der Waals surface area (Å²) in [5.41, 5.74) is 0.300. The molecule has 1 unspecified atom stereocenters. The van der Waals surface area contributed by atoms with Crippen molar-refractivity contribution in [2.24, 2.45) is 11.3 Å². The van der Waals surface area contributed by atoms with Gasteiger partial charge in [-0.1, -0.05) is 37.0 Å². The molecule has 5 heteroatoms. The maximum Gasteiger partial charge on any atom is 0.311 e. The van der Waals surface area contributed by atoms with Crippen LogP contribution in [0.15, 0.2) is 18.2 Å². The summed E-state index contributed by atoms with van der Waals surface area (Å²) in [6.07, 6.45) is 0.679. The highest BCUT2D eigenvalue weighted by atomic mass is 35.5. The summed E-state index contributed by atoms with van der Waals surface area (Å²) in [7, 11) is 0. The summed E-state index contributed by atoms with van der Waals surface area (Å²) < 4.78 is 0. The van der Waals surface area contributed by atoms with Crippen molar-refractivity contribution >= 4 is 29.2 Å². The lowest BCUT2D eigenvalue weighted by Crippen LogP contribution is -2.39. The molecule has 0 bridgehead atoms. The van der Waals surface area contributed by atoms with Crippen LogP contribution in [0.3, 0.4) is 0 Å². The van der Waals surface area contributed by atoms with Crippen LogP contribution in [0.25, 0.3) is 0 Å². The number of rotatable bonds is 4. The van der Waals surface area contributed by atoms with Gasteiger partial charge in [0.05, 0.1) is 5.41 Å². The highest BCUT2D eigenvalue weighted by molar-refractivity contribution is 6.33. The fourth-order valence-corrected chi connectivity index (χ4v) is 3.22. The lowest BCUT2D eigenvalue weighted by Gasteiger charge is -2.29. The molecule has 2 rings (SSSR count). The van der Waals surface area contributed by atoms with Crippen molar-refractivity contribution < 1.29 is 9.90 Å². The van der Waals surface area contributed by atoms with Crippen LogP contribution < -0.4 is 0 Å². The van der Waals surface area contributed by atoms with Crippen LogP contribution in [0.1, 0.15) is 25.8 Å². The predicted molar refractivity (Wildman–Crippen MR) is 81.3 cm³/mol. The van der Waals surface area contributed by atoms with Gasteiger partial charge in [-0.25, -0.2) is 0 Å². The molecule has 1 aliphatic rings. The second-order valence-corrected chi connectivity index (χ2v) is 6.66. The molecule has 1 saturated heterocycles. The fraction of sp³-hybridized carbons (Fsp3) is 0.533. The summed E-state index contributed by atoms with van der Waals surface area (Å²) >= 11 is 12.2. The van der Waals surface area contributed by atoms with Crippen molar-refractivity contribution in [3.05, 3.63) is 33.8 Å². The summed E-state index contributed by atoms with van der Waals surface area (Å²) in [4.78, 5) is 13.8. The lowest BCUT2D eigenvalue weighted by atomic mass is 9.76. The third kappa shape index (κ3) is 2.95. The first-order chi connectivity index (χ1) is 9.35. The van der Waals surface area contributed by atoms with Gasteiger partial charge in [-0.05, 0) is 42.6 Å². The zero-order valence-electron chi connectivity index (χ0n) is 11.7. The average molecular weight is 316 g/mol. The highest BCUT2D eigenvalue weighted by Crippen LogP contribution is 2.39. The van der Waals surface area contributed by atoms with E-state index in [4.69, 9.17) is 23.2 Å². The SMILES string of the molecule is CC(C)C1(C(=O)O)CCN(Cc2cc(Cl)ccc2Cl)C1. The van der Waals surface area contributed by atoms with Crippen LogP contribution in [-0.2, 0) is 11.3 Å². The molecule has 0 aromatic heterocycles. The van der Waals surface area contributed by atoms with Crippen molar-refractivity contribution in [3.8, 4) is 0 Å². The minimum atomic E-state index is -0.702. The first-order valence-electron chi connectivity index (χ1n) is 6.75. The lowest BCUT2D eigenvalue weighted by molar-refractivity contribution is -0.151. The number of nitrogens with zero attached hydrogens (tertiary/aromatic N) is 1. The van der Waals surface area contributed by atoms with Crippen LogP contribution in [-0.4, -0.2) is 29.1 Å². The molecule has 0 aliphatic carbocycles. The maximum absolute atomic E-state index is 11.6. The molecular weight excluding hydrogens is 297 g/mol. The van der Waals surface area contributed by atoms with Crippen molar-refractivity contribution in [2.45, 2.75) is 26.8 Å². The average Bonchev–Trinajstić information content (AvgIpc) is 2.79. The van der Waals surface area contributed by atoms with Gasteiger partial charge in [0.1, 0.15) is 0 Å². The van der Waals surface area contributed by atoms with Gasteiger partial charge < -0.3 is 5.11 Å². The van der Waals surface area contributed by atoms with E-state index in [1.807, 2.05) is 19.9 Å². The Morgan fingerprint density at radius 1 is 1.45 bits per heavy atom. The van der Waals surface area contributed by atoms with Crippen LogP contribution in [0.5, 0.6) is 0 Å². The van der Waals surface area contributed by atoms with E-state index < -0.39 is 11.4 Å². The first kappa shape index (κ1) is 15.6. The number of benzene rings is 1. The topological polar surface area (TPSA) is 40.5 Å². The standard InChI is InChI=1S/C15H19Cl2NO2/c1-10(2)15(14(19)20)5-6-18(9-15)8-11-7-12(16)3-4-13(11)17/h3-4,7,10H,5-6,8-9H2,1-2H3,(H,19,20). The molecule has 1 atom stereocenters. The number of likely N-dealkylation sites (tertiary alicyclic amines) is 1. The molecule has 1 aromatic carbocycles. The molecular formula is C15H19Cl2NO2. The van der Waals surface area contributed by atoms with Crippen molar-refractivity contribution in [3.63, 3.8) is 0 Å². The van der Waals surface area contributed by atoms with Crippen molar-refractivity contribution in [1.29, 1.82) is 0 Å². The van der Waals surface area contributed by atoms with Crippen LogP contribution in [0.2, 0.25) is 10.0 Å². The minimum absolute atomic E-state index is 0.111. The van der Waals surface area contributed by atoms with E-state index in [0.717, 1.165) is 12.1 Å². The van der Waals surface area contributed by atoms with Gasteiger partial charge in [0.2, 0.25) is 0 Å². The Morgan fingerprint density at radius 2 is 2.15 bits per heavy atom. The van der Waals surface area contributed by atoms with Crippen molar-refractivity contribution in [2.75, 3.05) is 13.1 Å². The van der Waals surface area contributed by atoms with Gasteiger partial charge in [0.15, 0.2) is 0 Å². The molecule has 0 spiro atoms. The predicted octanol–water partition coefficient (Wildman–Crippen LogP) is 3.93. The number of halogens is 2. The number of hydrogen-bond donors (Lipinski definition) is 1. The van der Waals surface area contributed by atoms with Crippen molar-refractivity contribution in [1.82, 2.24) is 4.90 Å². The molecule has 0 saturated carbocycles. The molecule has 1 N–H and O–H groups in total. The zero-order chi connectivity index (χ0) is 14.9. The van der Waals surface area contributed by atoms with E-state index in [1.54, 1.807) is 12.1 Å². The zero-order valence-corrected chi connectivity index (χ0v) is 13.2. The van der Waals surface area contributed by atoms with E-state index in [9.17, 15) is 9.90 Å². The molecule has 110 valence electrons. The van der Waals surface area contributed by atoms with Crippen LogP contribution >= 0.6 is 23.2 Å². The van der Waals surface area contributed by atoms with E-state index in [0.29, 0.717) is 29.6 Å². The smallest absolute Gasteiger partial charge is 0.311 e. The Balaban J connectivity index is 2.14. The molecule has 0 radical (unpaired) electrons. The van der Waals surface area contributed by atoms with Crippen LogP contribution in [0, 0.1) is 11.3 Å². The maximum atomic E-state index is 11.6. The monoisotopic (exact) mass is 315 g/mol. The van der Waals surface area contributed by atoms with Gasteiger partial charge in [0.25, 0.3) is 0 Å². The summed E-state index contributed by atoms with van der Waals surface area (Å²) in [6.45, 7) is 5.92. The Labute approximate surface area is 129 Å². The third-order valence-electron chi connectivity index (χ3n) is 4.31. The number of hydrogen-bond acceptors (Lipinski definition) is 2. The molecule has 1 aliphatic heterocycles. The number of carbonyl (C=O) groups is 1. The van der Waals surface area contributed by atoms with Gasteiger partial charge >= 0.3 is 5.97 Å². The van der Waals surface area contributed by atoms with E-state index in [2.05, 4.69) is 4.90 Å². The molecule has 1 aromatic rings. The van der Waals surface area contributed by atoms with Crippen LogP contribution in [0.4, 0.5) is 0 Å². The molecule has 1 heterocycles. The van der Waals surface area contributed by atoms with E-state index >= 15 is 0 Å². The Hall–Kier alpha value is -0.770. The molecule has 0 amide bonds. The number of carboxylic acid groups (broad SMARTS) is 1. The van der Waals surface area contributed by atoms with Gasteiger partial charge in [-0.15, -0.1) is 0 Å². The highest BCUT2D eigenvalue weighted by Gasteiger charge is 2.47. The fourth-order valence-electron chi connectivity index (χ4n) is 2.85. The Morgan fingerprint density at radius 3 is 2.70 bits per heavy atom. The Bertz CT molecular complexity index is 519. The second-order valence-electron chi connectivity index (χ2n) is 5.81. The van der Waals surface area contributed by atoms with E-state index in [1.165, 1.54) is 0 Å². The van der Waals surface area contributed by atoms with Gasteiger partial charge in [-0.3, -0.25) is 9.69 Å². The molecule has 20 heavy (non-hydrogen) atoms. The summed E-state index contributed by atoms with van der Waals surface area (Å²) in [5.74, 6) is -0.591. The second kappa shape index (κ2) is 5.92. The number of aliphatic carboxylic acids is 1. The van der Waals surface area contributed by atoms with Gasteiger partial charge in [-0.2, -0.15) is 0 Å². The molecule has 3 nitrogen and oxygen atoms in total. The largest absolute Gasteiger partial charge is 0.481 e. The normalized spacial score (nSPS) is 23.4. The summed E-state index contributed by atoms with van der Waals surface area (Å²) in [6, 6.07) is 5.38. The Kier molecular flexibility index (Phi) is 4.62. The van der Waals surface area contributed by atoms with E-state index in [-0.39, 0.29) is 5.92 Å². The first-order valence-corrected chi connectivity index (χ1v) is 7.50. The molecule has 1 fully saturated rings. The number of carboxylic acids is 1.